The molecule has 0 aliphatic carbocycles. The Bertz CT molecular complexity index is 422. The molecular weight excluding hydrogens is 264 g/mol. The summed E-state index contributed by atoms with van der Waals surface area (Å²) in [6.07, 6.45) is 2.54. The molecule has 1 aromatic carbocycles. The van der Waals surface area contributed by atoms with Gasteiger partial charge in [-0.2, -0.15) is 5.26 Å². The van der Waals surface area contributed by atoms with Crippen LogP contribution >= 0.6 is 15.9 Å². The third-order valence-corrected chi connectivity index (χ3v) is 3.92. The van der Waals surface area contributed by atoms with Gasteiger partial charge in [-0.3, -0.25) is 0 Å². The van der Waals surface area contributed by atoms with Crippen LogP contribution in [-0.2, 0) is 0 Å². The third-order valence-electron chi connectivity index (χ3n) is 3.28. The zero-order valence-corrected chi connectivity index (χ0v) is 11.0. The first kappa shape index (κ1) is 11.5. The van der Waals surface area contributed by atoms with E-state index in [1.807, 2.05) is 18.2 Å². The largest absolute Gasteiger partial charge is 0.370 e. The van der Waals surface area contributed by atoms with Crippen LogP contribution in [0.5, 0.6) is 0 Å². The van der Waals surface area contributed by atoms with E-state index in [-0.39, 0.29) is 0 Å². The van der Waals surface area contributed by atoms with Crippen LogP contribution in [0.25, 0.3) is 0 Å². The zero-order chi connectivity index (χ0) is 11.5. The van der Waals surface area contributed by atoms with Crippen molar-refractivity contribution in [3.05, 3.63) is 28.2 Å². The van der Waals surface area contributed by atoms with Gasteiger partial charge in [0.15, 0.2) is 0 Å². The molecular formula is C13H15BrN2. The molecule has 1 aliphatic heterocycles. The molecule has 0 aromatic heterocycles. The molecule has 0 spiro atoms. The highest BCUT2D eigenvalue weighted by Gasteiger charge is 2.22. The van der Waals surface area contributed by atoms with Crippen LogP contribution in [-0.4, -0.2) is 13.1 Å². The molecule has 1 atom stereocenters. The summed E-state index contributed by atoms with van der Waals surface area (Å²) in [5.41, 5.74) is 1.93. The maximum atomic E-state index is 8.81. The number of nitrogens with zero attached hydrogens (tertiary/aromatic N) is 2. The van der Waals surface area contributed by atoms with E-state index < -0.39 is 0 Å². The molecule has 0 N–H and O–H groups in total. The molecule has 0 bridgehead atoms. The van der Waals surface area contributed by atoms with Crippen molar-refractivity contribution in [3.8, 4) is 6.07 Å². The fraction of sp³-hybridized carbons (Fsp3) is 0.462. The normalized spacial score (nSPS) is 19.8. The van der Waals surface area contributed by atoms with Gasteiger partial charge in [-0.1, -0.05) is 13.3 Å². The second-order valence-electron chi connectivity index (χ2n) is 4.29. The van der Waals surface area contributed by atoms with Crippen molar-refractivity contribution in [3.63, 3.8) is 0 Å². The van der Waals surface area contributed by atoms with E-state index in [0.29, 0.717) is 5.56 Å². The van der Waals surface area contributed by atoms with Crippen molar-refractivity contribution in [1.82, 2.24) is 0 Å². The summed E-state index contributed by atoms with van der Waals surface area (Å²) in [5.74, 6) is 0.822. The second kappa shape index (κ2) is 4.88. The number of nitriles is 1. The van der Waals surface area contributed by atoms with Crippen LogP contribution < -0.4 is 4.90 Å². The first-order chi connectivity index (χ1) is 7.74. The summed E-state index contributed by atoms with van der Waals surface area (Å²) < 4.78 is 1.03. The molecule has 0 radical (unpaired) electrons. The minimum atomic E-state index is 0.710. The number of anilines is 1. The molecule has 1 aliphatic rings. The zero-order valence-electron chi connectivity index (χ0n) is 9.41. The molecule has 0 saturated carbocycles. The molecule has 1 fully saturated rings. The summed E-state index contributed by atoms with van der Waals surface area (Å²) in [5, 5.41) is 8.81. The Hall–Kier alpha value is -1.01. The van der Waals surface area contributed by atoms with E-state index in [1.54, 1.807) is 0 Å². The topological polar surface area (TPSA) is 27.0 Å². The van der Waals surface area contributed by atoms with Crippen LogP contribution in [0.3, 0.4) is 0 Å². The second-order valence-corrected chi connectivity index (χ2v) is 5.14. The average molecular weight is 279 g/mol. The lowest BCUT2D eigenvalue weighted by Gasteiger charge is -2.20. The first-order valence-corrected chi connectivity index (χ1v) is 6.48. The highest BCUT2D eigenvalue weighted by molar-refractivity contribution is 9.10. The monoisotopic (exact) mass is 278 g/mol. The summed E-state index contributed by atoms with van der Waals surface area (Å²) in [6.45, 7) is 4.52. The van der Waals surface area contributed by atoms with Gasteiger partial charge in [0.05, 0.1) is 17.3 Å². The maximum Gasteiger partial charge on any atom is 0.0992 e. The van der Waals surface area contributed by atoms with Gasteiger partial charge in [0.1, 0.15) is 0 Å². The van der Waals surface area contributed by atoms with Gasteiger partial charge in [-0.15, -0.1) is 0 Å². The molecule has 2 rings (SSSR count). The van der Waals surface area contributed by atoms with Crippen LogP contribution in [0.1, 0.15) is 25.3 Å². The van der Waals surface area contributed by atoms with Gasteiger partial charge in [0.25, 0.3) is 0 Å². The van der Waals surface area contributed by atoms with Gasteiger partial charge in [-0.05, 0) is 46.5 Å². The van der Waals surface area contributed by atoms with Crippen molar-refractivity contribution in [2.45, 2.75) is 19.8 Å². The quantitative estimate of drug-likeness (QED) is 0.827. The van der Waals surface area contributed by atoms with Crippen molar-refractivity contribution in [2.75, 3.05) is 18.0 Å². The molecule has 1 unspecified atom stereocenters. The van der Waals surface area contributed by atoms with Gasteiger partial charge in [0.2, 0.25) is 0 Å². The fourth-order valence-corrected chi connectivity index (χ4v) is 2.85. The Labute approximate surface area is 105 Å². The first-order valence-electron chi connectivity index (χ1n) is 5.69. The molecule has 16 heavy (non-hydrogen) atoms. The Morgan fingerprint density at radius 1 is 1.56 bits per heavy atom. The van der Waals surface area contributed by atoms with Crippen molar-refractivity contribution in [1.29, 1.82) is 5.26 Å². The average Bonchev–Trinajstić information content (AvgIpc) is 2.77. The predicted molar refractivity (Wildman–Crippen MR) is 69.5 cm³/mol. The summed E-state index contributed by atoms with van der Waals surface area (Å²) in [6, 6.07) is 7.99. The SMILES string of the molecule is CCC1CCN(c2ccc(C#N)cc2Br)C1. The Morgan fingerprint density at radius 2 is 2.38 bits per heavy atom. The Balaban J connectivity index is 2.19. The van der Waals surface area contributed by atoms with E-state index in [0.717, 1.165) is 23.5 Å². The van der Waals surface area contributed by atoms with E-state index in [2.05, 4.69) is 33.8 Å². The van der Waals surface area contributed by atoms with E-state index >= 15 is 0 Å². The molecule has 2 nitrogen and oxygen atoms in total. The number of rotatable bonds is 2. The standard InChI is InChI=1S/C13H15BrN2/c1-2-10-5-6-16(9-10)13-4-3-11(8-15)7-12(13)14/h3-4,7,10H,2,5-6,9H2,1H3. The number of halogens is 1. The molecule has 0 amide bonds. The van der Waals surface area contributed by atoms with Crippen LogP contribution in [0, 0.1) is 17.2 Å². The summed E-state index contributed by atoms with van der Waals surface area (Å²) in [7, 11) is 0. The molecule has 1 aromatic rings. The predicted octanol–water partition coefficient (Wildman–Crippen LogP) is 3.56. The van der Waals surface area contributed by atoms with E-state index in [9.17, 15) is 0 Å². The van der Waals surface area contributed by atoms with Crippen LogP contribution in [0.4, 0.5) is 5.69 Å². The molecule has 3 heteroatoms. The van der Waals surface area contributed by atoms with Crippen LogP contribution in [0.15, 0.2) is 22.7 Å². The maximum absolute atomic E-state index is 8.81. The fourth-order valence-electron chi connectivity index (χ4n) is 2.22. The lowest BCUT2D eigenvalue weighted by atomic mass is 10.1. The summed E-state index contributed by atoms with van der Waals surface area (Å²) >= 11 is 3.55. The molecule has 1 heterocycles. The number of hydrogen-bond donors (Lipinski definition) is 0. The smallest absolute Gasteiger partial charge is 0.0992 e. The lowest BCUT2D eigenvalue weighted by molar-refractivity contribution is 0.569. The third kappa shape index (κ3) is 2.22. The Morgan fingerprint density at radius 3 is 2.94 bits per heavy atom. The highest BCUT2D eigenvalue weighted by atomic mass is 79.9. The highest BCUT2D eigenvalue weighted by Crippen LogP contribution is 2.32. The van der Waals surface area contributed by atoms with E-state index in [4.69, 9.17) is 5.26 Å². The Kier molecular flexibility index (Phi) is 3.50. The lowest BCUT2D eigenvalue weighted by Crippen LogP contribution is -2.19. The summed E-state index contributed by atoms with van der Waals surface area (Å²) in [4.78, 5) is 2.40. The van der Waals surface area contributed by atoms with Gasteiger partial charge in [-0.25, -0.2) is 0 Å². The van der Waals surface area contributed by atoms with Crippen LogP contribution in [0.2, 0.25) is 0 Å². The van der Waals surface area contributed by atoms with Gasteiger partial charge >= 0.3 is 0 Å². The van der Waals surface area contributed by atoms with Gasteiger partial charge in [0, 0.05) is 17.6 Å². The minimum absolute atomic E-state index is 0.710. The van der Waals surface area contributed by atoms with Crippen molar-refractivity contribution in [2.24, 2.45) is 5.92 Å². The van der Waals surface area contributed by atoms with Crippen molar-refractivity contribution < 1.29 is 0 Å². The number of hydrogen-bond acceptors (Lipinski definition) is 2. The minimum Gasteiger partial charge on any atom is -0.370 e. The van der Waals surface area contributed by atoms with Crippen molar-refractivity contribution >= 4 is 21.6 Å². The molecule has 1 saturated heterocycles. The number of benzene rings is 1. The van der Waals surface area contributed by atoms with E-state index in [1.165, 1.54) is 18.5 Å². The molecule has 84 valence electrons. The van der Waals surface area contributed by atoms with Gasteiger partial charge < -0.3 is 4.90 Å².